The van der Waals surface area contributed by atoms with Gasteiger partial charge in [-0.3, -0.25) is 9.00 Å². The maximum atomic E-state index is 13.4. The molecule has 1 fully saturated rings. The molecule has 1 saturated carbocycles. The van der Waals surface area contributed by atoms with Gasteiger partial charge >= 0.3 is 5.56 Å². The van der Waals surface area contributed by atoms with Crippen molar-refractivity contribution in [2.45, 2.75) is 44.0 Å². The van der Waals surface area contributed by atoms with Crippen LogP contribution in [0, 0.1) is 0 Å². The van der Waals surface area contributed by atoms with Gasteiger partial charge in [-0.25, -0.2) is 0 Å². The van der Waals surface area contributed by atoms with Crippen molar-refractivity contribution in [3.8, 4) is 22.6 Å². The van der Waals surface area contributed by atoms with Gasteiger partial charge < -0.3 is 9.29 Å². The quantitative estimate of drug-likeness (QED) is 0.503. The molecule has 162 valence electrons. The smallest absolute Gasteiger partial charge is 0.314 e. The lowest BCUT2D eigenvalue weighted by Crippen LogP contribution is -2.28. The van der Waals surface area contributed by atoms with Crippen molar-refractivity contribution in [3.63, 3.8) is 0 Å². The highest BCUT2D eigenvalue weighted by molar-refractivity contribution is 7.78. The summed E-state index contributed by atoms with van der Waals surface area (Å²) >= 11 is 3.94. The van der Waals surface area contributed by atoms with Crippen LogP contribution < -0.4 is 10.3 Å². The Morgan fingerprint density at radius 1 is 1.13 bits per heavy atom. The number of ether oxygens (including phenoxy) is 1. The number of rotatable bonds is 6. The first kappa shape index (κ1) is 21.7. The van der Waals surface area contributed by atoms with Gasteiger partial charge in [0.05, 0.1) is 18.0 Å². The molecule has 1 aliphatic carbocycles. The first-order chi connectivity index (χ1) is 15.0. The van der Waals surface area contributed by atoms with E-state index in [1.165, 1.54) is 11.1 Å². The van der Waals surface area contributed by atoms with Gasteiger partial charge in [0.2, 0.25) is 0 Å². The highest BCUT2D eigenvalue weighted by Crippen LogP contribution is 2.30. The summed E-state index contributed by atoms with van der Waals surface area (Å²) in [6.07, 6.45) is 6.75. The summed E-state index contributed by atoms with van der Waals surface area (Å²) in [5, 5.41) is 4.87. The van der Waals surface area contributed by atoms with Crippen LogP contribution >= 0.6 is 11.6 Å². The number of aromatic nitrogens is 2. The number of halogens is 1. The van der Waals surface area contributed by atoms with Gasteiger partial charge in [0, 0.05) is 16.3 Å². The number of benzene rings is 2. The molecule has 1 aromatic heterocycles. The van der Waals surface area contributed by atoms with Crippen LogP contribution in [0.25, 0.3) is 16.8 Å². The Morgan fingerprint density at radius 2 is 1.87 bits per heavy atom. The molecule has 1 heterocycles. The summed E-state index contributed by atoms with van der Waals surface area (Å²) in [6, 6.07) is 14.0. The average molecular weight is 458 g/mol. The van der Waals surface area contributed by atoms with Crippen molar-refractivity contribution in [3.05, 3.63) is 75.7 Å². The molecule has 0 N–H and O–H groups in total. The lowest BCUT2D eigenvalue weighted by atomic mass is 9.97. The van der Waals surface area contributed by atoms with Crippen molar-refractivity contribution >= 4 is 22.7 Å². The Bertz CT molecular complexity index is 1140. The minimum atomic E-state index is -2.16. The first-order valence-corrected chi connectivity index (χ1v) is 11.8. The summed E-state index contributed by atoms with van der Waals surface area (Å²) in [4.78, 5) is 13.4. The van der Waals surface area contributed by atoms with Crippen LogP contribution in [0.4, 0.5) is 0 Å². The monoisotopic (exact) mass is 457 g/mol. The van der Waals surface area contributed by atoms with Gasteiger partial charge in [-0.15, -0.1) is 0 Å². The fraction of sp³-hybridized carbons (Fsp3) is 0.304. The molecule has 8 heteroatoms. The summed E-state index contributed by atoms with van der Waals surface area (Å²) in [5.74, 6) is 0.197. The van der Waals surface area contributed by atoms with E-state index < -0.39 is 11.1 Å². The van der Waals surface area contributed by atoms with E-state index in [1.807, 2.05) is 0 Å². The van der Waals surface area contributed by atoms with Crippen molar-refractivity contribution in [1.82, 2.24) is 9.78 Å². The van der Waals surface area contributed by atoms with Gasteiger partial charge in [0.1, 0.15) is 0 Å². The number of nitrogens with zero attached hydrogens (tertiary/aromatic N) is 2. The number of hydrogen-bond acceptors (Lipinski definition) is 5. The minimum absolute atomic E-state index is 0.0161. The Morgan fingerprint density at radius 3 is 2.55 bits per heavy atom. The summed E-state index contributed by atoms with van der Waals surface area (Å²) < 4.78 is 29.5. The van der Waals surface area contributed by atoms with Crippen LogP contribution in [0.5, 0.6) is 5.75 Å². The maximum Gasteiger partial charge on any atom is 0.314 e. The van der Waals surface area contributed by atoms with Crippen LogP contribution in [-0.2, 0) is 16.8 Å². The molecule has 0 saturated heterocycles. The van der Waals surface area contributed by atoms with Gasteiger partial charge in [0.15, 0.2) is 5.75 Å². The van der Waals surface area contributed by atoms with E-state index >= 15 is 0 Å². The maximum absolute atomic E-state index is 13.4. The zero-order valence-corrected chi connectivity index (χ0v) is 18.4. The van der Waals surface area contributed by atoms with Gasteiger partial charge in [0.25, 0.3) is 0 Å². The fourth-order valence-electron chi connectivity index (χ4n) is 3.82. The first-order valence-electron chi connectivity index (χ1n) is 10.2. The molecule has 4 rings (SSSR count). The van der Waals surface area contributed by atoms with E-state index in [4.69, 9.17) is 16.3 Å². The molecule has 3 aromatic rings. The van der Waals surface area contributed by atoms with Crippen molar-refractivity contribution < 1.29 is 13.5 Å². The highest BCUT2D eigenvalue weighted by Gasteiger charge is 2.21. The third-order valence-electron chi connectivity index (χ3n) is 5.37. The van der Waals surface area contributed by atoms with Crippen LogP contribution in [-0.4, -0.2) is 24.6 Å². The number of hydrogen-bond donors (Lipinski definition) is 0. The zero-order valence-electron chi connectivity index (χ0n) is 16.8. The van der Waals surface area contributed by atoms with Gasteiger partial charge in [-0.2, -0.15) is 9.78 Å². The lowest BCUT2D eigenvalue weighted by Gasteiger charge is -2.24. The largest absolute Gasteiger partial charge is 0.772 e. The molecule has 1 unspecified atom stereocenters. The summed E-state index contributed by atoms with van der Waals surface area (Å²) in [7, 11) is 0. The third-order valence-corrected chi connectivity index (χ3v) is 6.18. The van der Waals surface area contributed by atoms with E-state index in [1.54, 1.807) is 54.7 Å². The lowest BCUT2D eigenvalue weighted by molar-refractivity contribution is 0.152. The topological polar surface area (TPSA) is 84.2 Å². The molecule has 0 aliphatic heterocycles. The molecule has 1 atom stereocenters. The van der Waals surface area contributed by atoms with E-state index in [9.17, 15) is 13.6 Å². The van der Waals surface area contributed by atoms with Crippen LogP contribution in [0.2, 0.25) is 5.02 Å². The molecule has 0 radical (unpaired) electrons. The zero-order chi connectivity index (χ0) is 21.8. The van der Waals surface area contributed by atoms with Crippen LogP contribution in [0.15, 0.2) is 59.5 Å². The van der Waals surface area contributed by atoms with Gasteiger partial charge in [-0.1, -0.05) is 59.4 Å². The second-order valence-electron chi connectivity index (χ2n) is 7.61. The SMILES string of the molecule is O=c1c(OC2CCCCC2)c(-c2ccc(CS(=O)[O-])cc2)cnn1-c1cccc(Cl)c1. The third kappa shape index (κ3) is 5.23. The molecular weight excluding hydrogens is 436 g/mol. The molecule has 6 nitrogen and oxygen atoms in total. The van der Waals surface area contributed by atoms with Crippen molar-refractivity contribution in [2.24, 2.45) is 0 Å². The molecular formula is C23H22ClN2O4S-. The van der Waals surface area contributed by atoms with E-state index in [0.717, 1.165) is 31.2 Å². The highest BCUT2D eigenvalue weighted by atomic mass is 35.5. The minimum Gasteiger partial charge on any atom is -0.772 e. The molecule has 2 aromatic carbocycles. The molecule has 0 spiro atoms. The second-order valence-corrected chi connectivity index (χ2v) is 8.94. The molecule has 0 amide bonds. The van der Waals surface area contributed by atoms with Gasteiger partial charge in [-0.05, 0) is 55.0 Å². The standard InChI is InChI=1S/C23H23ClN2O4S/c24-18-5-4-6-19(13-18)26-23(27)22(30-20-7-2-1-3-8-20)21(14-25-26)17-11-9-16(10-12-17)15-31(28)29/h4-6,9-14,20H,1-3,7-8,15H2,(H,28,29)/p-1. The normalized spacial score (nSPS) is 15.5. The van der Waals surface area contributed by atoms with E-state index in [0.29, 0.717) is 21.8 Å². The Labute approximate surface area is 188 Å². The predicted octanol–water partition coefficient (Wildman–Crippen LogP) is 4.64. The predicted molar refractivity (Wildman–Crippen MR) is 120 cm³/mol. The van der Waals surface area contributed by atoms with E-state index in [2.05, 4.69) is 5.10 Å². The van der Waals surface area contributed by atoms with Crippen molar-refractivity contribution in [2.75, 3.05) is 0 Å². The molecule has 31 heavy (non-hydrogen) atoms. The molecule has 1 aliphatic rings. The average Bonchev–Trinajstić information content (AvgIpc) is 2.76. The summed E-state index contributed by atoms with van der Waals surface area (Å²) in [5.41, 5.74) is 2.21. The van der Waals surface area contributed by atoms with Crippen LogP contribution in [0.1, 0.15) is 37.7 Å². The second kappa shape index (κ2) is 9.77. The summed E-state index contributed by atoms with van der Waals surface area (Å²) in [6.45, 7) is 0. The Kier molecular flexibility index (Phi) is 6.85. The van der Waals surface area contributed by atoms with Crippen LogP contribution in [0.3, 0.4) is 0 Å². The van der Waals surface area contributed by atoms with Crippen molar-refractivity contribution in [1.29, 1.82) is 0 Å². The Balaban J connectivity index is 1.77. The fourth-order valence-corrected chi connectivity index (χ4v) is 4.46. The molecule has 0 bridgehead atoms. The Hall–Kier alpha value is -2.48. The van der Waals surface area contributed by atoms with E-state index in [-0.39, 0.29) is 23.2 Å².